The van der Waals surface area contributed by atoms with Crippen molar-refractivity contribution in [1.29, 1.82) is 0 Å². The summed E-state index contributed by atoms with van der Waals surface area (Å²) in [6, 6.07) is 11.3. The Balaban J connectivity index is 1.27. The van der Waals surface area contributed by atoms with Gasteiger partial charge in [-0.2, -0.15) is 5.10 Å². The molecule has 1 saturated heterocycles. The lowest BCUT2D eigenvalue weighted by atomic mass is 9.95. The Labute approximate surface area is 159 Å². The first-order valence-electron chi connectivity index (χ1n) is 9.89. The van der Waals surface area contributed by atoms with E-state index >= 15 is 0 Å². The van der Waals surface area contributed by atoms with Crippen molar-refractivity contribution in [2.24, 2.45) is 0 Å². The first kappa shape index (κ1) is 16.6. The van der Waals surface area contributed by atoms with Crippen LogP contribution in [0.2, 0.25) is 0 Å². The van der Waals surface area contributed by atoms with Gasteiger partial charge in [-0.15, -0.1) is 10.2 Å². The third-order valence-electron chi connectivity index (χ3n) is 5.68. The predicted molar refractivity (Wildman–Crippen MR) is 101 cm³/mol. The topological polar surface area (TPSA) is 64.7 Å². The number of benzene rings is 1. The van der Waals surface area contributed by atoms with Crippen molar-refractivity contribution in [1.82, 2.24) is 34.4 Å². The fourth-order valence-electron chi connectivity index (χ4n) is 4.10. The van der Waals surface area contributed by atoms with Crippen LogP contribution in [0.5, 0.6) is 0 Å². The molecule has 0 spiro atoms. The normalized spacial score (nSPS) is 18.8. The van der Waals surface area contributed by atoms with E-state index in [9.17, 15) is 0 Å². The van der Waals surface area contributed by atoms with Gasteiger partial charge in [-0.05, 0) is 44.3 Å². The van der Waals surface area contributed by atoms with Crippen LogP contribution >= 0.6 is 0 Å². The zero-order valence-electron chi connectivity index (χ0n) is 15.5. The smallest absolute Gasteiger partial charge is 0.155 e. The highest BCUT2D eigenvalue weighted by atomic mass is 15.4. The lowest BCUT2D eigenvalue weighted by Gasteiger charge is -2.31. The third kappa shape index (κ3) is 3.64. The summed E-state index contributed by atoms with van der Waals surface area (Å²) in [6.45, 7) is 3.93. The van der Waals surface area contributed by atoms with E-state index in [0.29, 0.717) is 18.5 Å². The zero-order valence-corrected chi connectivity index (χ0v) is 15.5. The quantitative estimate of drug-likeness (QED) is 0.674. The average molecular weight is 363 g/mol. The molecule has 2 aromatic heterocycles. The van der Waals surface area contributed by atoms with Gasteiger partial charge < -0.3 is 4.57 Å². The van der Waals surface area contributed by atoms with Crippen LogP contribution < -0.4 is 0 Å². The second-order valence-electron chi connectivity index (χ2n) is 7.70. The molecule has 3 heterocycles. The summed E-state index contributed by atoms with van der Waals surface area (Å²) >= 11 is 0. The minimum Gasteiger partial charge on any atom is -0.310 e. The monoisotopic (exact) mass is 363 g/mol. The maximum Gasteiger partial charge on any atom is 0.155 e. The fourth-order valence-corrected chi connectivity index (χ4v) is 4.10. The summed E-state index contributed by atoms with van der Waals surface area (Å²) in [6.07, 6.45) is 8.10. The van der Waals surface area contributed by atoms with Crippen molar-refractivity contribution in [3.8, 4) is 0 Å². The molecule has 140 valence electrons. The summed E-state index contributed by atoms with van der Waals surface area (Å²) in [4.78, 5) is 6.59. The van der Waals surface area contributed by atoms with Crippen molar-refractivity contribution >= 4 is 0 Å². The van der Waals surface area contributed by atoms with Gasteiger partial charge in [0.15, 0.2) is 5.82 Å². The number of hydrogen-bond acceptors (Lipinski definition) is 5. The Bertz CT molecular complexity index is 859. The molecule has 1 aromatic carbocycles. The molecule has 1 saturated carbocycles. The van der Waals surface area contributed by atoms with Gasteiger partial charge in [0.1, 0.15) is 25.0 Å². The number of piperidine rings is 1. The molecular weight excluding hydrogens is 338 g/mol. The standard InChI is InChI=1S/C20H25N7/c1-2-4-16(5-3-1)12-25-10-8-17(9-11-25)20-24-23-19(27(20)18-6-7-18)13-26-15-21-14-22-26/h1-5,14-15,17-18H,6-13H2. The van der Waals surface area contributed by atoms with Gasteiger partial charge in [0.2, 0.25) is 0 Å². The maximum absolute atomic E-state index is 4.62. The van der Waals surface area contributed by atoms with Gasteiger partial charge in [0.05, 0.1) is 0 Å². The van der Waals surface area contributed by atoms with Gasteiger partial charge in [-0.3, -0.25) is 4.90 Å². The van der Waals surface area contributed by atoms with E-state index in [1.165, 1.54) is 24.2 Å². The van der Waals surface area contributed by atoms with Crippen molar-refractivity contribution in [3.63, 3.8) is 0 Å². The number of rotatable bonds is 6. The number of likely N-dealkylation sites (tertiary alicyclic amines) is 1. The Morgan fingerprint density at radius 3 is 2.44 bits per heavy atom. The predicted octanol–water partition coefficient (Wildman–Crippen LogP) is 2.63. The second-order valence-corrected chi connectivity index (χ2v) is 7.70. The van der Waals surface area contributed by atoms with E-state index in [4.69, 9.17) is 0 Å². The molecule has 0 atom stereocenters. The van der Waals surface area contributed by atoms with E-state index in [2.05, 4.69) is 60.1 Å². The highest BCUT2D eigenvalue weighted by molar-refractivity contribution is 5.15. The van der Waals surface area contributed by atoms with E-state index in [-0.39, 0.29) is 0 Å². The van der Waals surface area contributed by atoms with Gasteiger partial charge in [-0.1, -0.05) is 30.3 Å². The Morgan fingerprint density at radius 1 is 0.926 bits per heavy atom. The molecule has 0 unspecified atom stereocenters. The number of hydrogen-bond donors (Lipinski definition) is 0. The Kier molecular flexibility index (Phi) is 4.45. The van der Waals surface area contributed by atoms with E-state index < -0.39 is 0 Å². The summed E-state index contributed by atoms with van der Waals surface area (Å²) < 4.78 is 4.23. The molecule has 0 bridgehead atoms. The van der Waals surface area contributed by atoms with Crippen LogP contribution in [-0.4, -0.2) is 47.5 Å². The first-order chi connectivity index (χ1) is 13.4. The Hall–Kier alpha value is -2.54. The van der Waals surface area contributed by atoms with Crippen molar-refractivity contribution in [2.75, 3.05) is 13.1 Å². The molecule has 7 nitrogen and oxygen atoms in total. The molecule has 0 amide bonds. The summed E-state index contributed by atoms with van der Waals surface area (Å²) in [7, 11) is 0. The molecule has 2 fully saturated rings. The van der Waals surface area contributed by atoms with Crippen LogP contribution in [0, 0.1) is 0 Å². The fraction of sp³-hybridized carbons (Fsp3) is 0.500. The van der Waals surface area contributed by atoms with Crippen molar-refractivity contribution in [2.45, 2.75) is 50.7 Å². The van der Waals surface area contributed by atoms with Gasteiger partial charge >= 0.3 is 0 Å². The SMILES string of the molecule is c1ccc(CN2CCC(c3nnc(Cn4cncn4)n3C3CC3)CC2)cc1. The number of nitrogens with zero attached hydrogens (tertiary/aromatic N) is 7. The second kappa shape index (κ2) is 7.23. The zero-order chi connectivity index (χ0) is 18.1. The molecule has 5 rings (SSSR count). The lowest BCUT2D eigenvalue weighted by molar-refractivity contribution is 0.200. The van der Waals surface area contributed by atoms with Crippen molar-refractivity contribution in [3.05, 3.63) is 60.2 Å². The molecule has 2 aliphatic rings. The highest BCUT2D eigenvalue weighted by Crippen LogP contribution is 2.40. The highest BCUT2D eigenvalue weighted by Gasteiger charge is 2.33. The van der Waals surface area contributed by atoms with Crippen LogP contribution in [0.15, 0.2) is 43.0 Å². The molecule has 1 aliphatic heterocycles. The van der Waals surface area contributed by atoms with E-state index in [1.807, 2.05) is 4.68 Å². The summed E-state index contributed by atoms with van der Waals surface area (Å²) in [5, 5.41) is 13.4. The largest absolute Gasteiger partial charge is 0.310 e. The van der Waals surface area contributed by atoms with E-state index in [1.54, 1.807) is 12.7 Å². The molecular formula is C20H25N7. The molecule has 1 aliphatic carbocycles. The van der Waals surface area contributed by atoms with Crippen molar-refractivity contribution < 1.29 is 0 Å². The van der Waals surface area contributed by atoms with Crippen LogP contribution in [-0.2, 0) is 13.1 Å². The molecule has 7 heteroatoms. The number of aromatic nitrogens is 6. The molecule has 0 radical (unpaired) electrons. The molecule has 0 N–H and O–H groups in total. The lowest BCUT2D eigenvalue weighted by Crippen LogP contribution is -2.33. The summed E-state index contributed by atoms with van der Waals surface area (Å²) in [5.74, 6) is 2.71. The van der Waals surface area contributed by atoms with Crippen LogP contribution in [0.25, 0.3) is 0 Å². The maximum atomic E-state index is 4.62. The van der Waals surface area contributed by atoms with E-state index in [0.717, 1.165) is 38.3 Å². The molecule has 3 aromatic rings. The van der Waals surface area contributed by atoms with Crippen LogP contribution in [0.1, 0.15) is 54.9 Å². The summed E-state index contributed by atoms with van der Waals surface area (Å²) in [5.41, 5.74) is 1.40. The van der Waals surface area contributed by atoms with Gasteiger partial charge in [-0.25, -0.2) is 9.67 Å². The minimum atomic E-state index is 0.509. The first-order valence-corrected chi connectivity index (χ1v) is 9.89. The van der Waals surface area contributed by atoms with Crippen LogP contribution in [0.3, 0.4) is 0 Å². The third-order valence-corrected chi connectivity index (χ3v) is 5.68. The van der Waals surface area contributed by atoms with Crippen LogP contribution in [0.4, 0.5) is 0 Å². The molecule has 27 heavy (non-hydrogen) atoms. The Morgan fingerprint density at radius 2 is 1.74 bits per heavy atom. The van der Waals surface area contributed by atoms with Gasteiger partial charge in [0.25, 0.3) is 0 Å². The van der Waals surface area contributed by atoms with Gasteiger partial charge in [0, 0.05) is 18.5 Å². The minimum absolute atomic E-state index is 0.509. The average Bonchev–Trinajstić information content (AvgIpc) is 3.25.